The number of carbonyl (C=O) groups is 1. The van der Waals surface area contributed by atoms with Crippen molar-refractivity contribution >= 4 is 21.8 Å². The van der Waals surface area contributed by atoms with Crippen LogP contribution in [0.4, 0.5) is 4.39 Å². The summed E-state index contributed by atoms with van der Waals surface area (Å²) >= 11 is 3.12. The second kappa shape index (κ2) is 4.63. The molecule has 0 bridgehead atoms. The van der Waals surface area contributed by atoms with Crippen LogP contribution in [0.3, 0.4) is 0 Å². The molecule has 86 valence electrons. The van der Waals surface area contributed by atoms with Crippen molar-refractivity contribution < 1.29 is 9.18 Å². The second-order valence-corrected chi connectivity index (χ2v) is 4.31. The van der Waals surface area contributed by atoms with Crippen molar-refractivity contribution in [3.8, 4) is 11.3 Å². The molecule has 2 rings (SSSR count). The molecule has 0 aliphatic heterocycles. The summed E-state index contributed by atoms with van der Waals surface area (Å²) in [6.07, 6.45) is 1.47. The topological polar surface area (TPSA) is 56.0 Å². The Kier molecular flexibility index (Phi) is 3.19. The third-order valence-electron chi connectivity index (χ3n) is 2.26. The number of halogens is 2. The molecule has 0 atom stereocenters. The molecule has 1 heterocycles. The first-order valence-corrected chi connectivity index (χ1v) is 5.59. The maximum atomic E-state index is 13.7. The van der Waals surface area contributed by atoms with Crippen LogP contribution in [0.25, 0.3) is 11.3 Å². The molecule has 0 radical (unpaired) electrons. The van der Waals surface area contributed by atoms with Crippen molar-refractivity contribution in [2.45, 2.75) is 0 Å². The van der Waals surface area contributed by atoms with E-state index in [0.717, 1.165) is 0 Å². The average molecular weight is 295 g/mol. The monoisotopic (exact) mass is 294 g/mol. The predicted molar refractivity (Wildman–Crippen MR) is 65.8 cm³/mol. The fraction of sp³-hybridized carbons (Fsp3) is 0. The highest BCUT2D eigenvalue weighted by Gasteiger charge is 2.14. The molecule has 0 unspecified atom stereocenters. The van der Waals surface area contributed by atoms with Gasteiger partial charge in [0.2, 0.25) is 5.91 Å². The van der Waals surface area contributed by atoms with Crippen LogP contribution < -0.4 is 5.73 Å². The van der Waals surface area contributed by atoms with Gasteiger partial charge in [0.15, 0.2) is 5.82 Å². The fourth-order valence-electron chi connectivity index (χ4n) is 1.52. The first-order chi connectivity index (χ1) is 8.09. The summed E-state index contributed by atoms with van der Waals surface area (Å²) in [6.45, 7) is 0. The van der Waals surface area contributed by atoms with Gasteiger partial charge in [0.1, 0.15) is 5.69 Å². The van der Waals surface area contributed by atoms with Gasteiger partial charge in [0.25, 0.3) is 0 Å². The maximum absolute atomic E-state index is 13.7. The molecule has 0 saturated carbocycles. The van der Waals surface area contributed by atoms with Gasteiger partial charge in [-0.15, -0.1) is 0 Å². The Morgan fingerprint density at radius 2 is 2.06 bits per heavy atom. The van der Waals surface area contributed by atoms with Crippen LogP contribution in [0.5, 0.6) is 0 Å². The lowest BCUT2D eigenvalue weighted by atomic mass is 10.0. The molecule has 2 aromatic rings. The van der Waals surface area contributed by atoms with E-state index in [2.05, 4.69) is 20.9 Å². The summed E-state index contributed by atoms with van der Waals surface area (Å²) in [5, 5.41) is 0. The average Bonchev–Trinajstić information content (AvgIpc) is 2.29. The second-order valence-electron chi connectivity index (χ2n) is 3.39. The van der Waals surface area contributed by atoms with Gasteiger partial charge < -0.3 is 5.73 Å². The maximum Gasteiger partial charge on any atom is 0.249 e. The van der Waals surface area contributed by atoms with Gasteiger partial charge in [0.05, 0.1) is 0 Å². The van der Waals surface area contributed by atoms with Crippen molar-refractivity contribution in [2.24, 2.45) is 5.73 Å². The molecular weight excluding hydrogens is 287 g/mol. The normalized spacial score (nSPS) is 10.2. The van der Waals surface area contributed by atoms with Crippen LogP contribution in [0.2, 0.25) is 0 Å². The number of hydrogen-bond acceptors (Lipinski definition) is 2. The summed E-state index contributed by atoms with van der Waals surface area (Å²) in [5.41, 5.74) is 5.99. The van der Waals surface area contributed by atoms with Gasteiger partial charge in [-0.05, 0) is 28.1 Å². The third kappa shape index (κ3) is 2.34. The van der Waals surface area contributed by atoms with Gasteiger partial charge >= 0.3 is 0 Å². The van der Waals surface area contributed by atoms with E-state index in [1.165, 1.54) is 12.3 Å². The van der Waals surface area contributed by atoms with Crippen LogP contribution in [0.1, 0.15) is 10.4 Å². The van der Waals surface area contributed by atoms with Crippen molar-refractivity contribution in [2.75, 3.05) is 0 Å². The predicted octanol–water partition coefficient (Wildman–Crippen LogP) is 2.75. The number of benzene rings is 1. The Hall–Kier alpha value is -1.75. The molecule has 1 aromatic heterocycles. The van der Waals surface area contributed by atoms with Gasteiger partial charge in [-0.2, -0.15) is 0 Å². The highest BCUT2D eigenvalue weighted by Crippen LogP contribution is 2.25. The minimum absolute atomic E-state index is 0.114. The van der Waals surface area contributed by atoms with E-state index in [1.54, 1.807) is 24.3 Å². The number of aromatic nitrogens is 1. The lowest BCUT2D eigenvalue weighted by Gasteiger charge is -2.06. The molecule has 0 aliphatic carbocycles. The molecule has 2 N–H and O–H groups in total. The smallest absolute Gasteiger partial charge is 0.249 e. The molecule has 0 saturated heterocycles. The number of hydrogen-bond donors (Lipinski definition) is 1. The molecule has 0 spiro atoms. The zero-order chi connectivity index (χ0) is 12.4. The molecule has 3 nitrogen and oxygen atoms in total. The minimum atomic E-state index is -0.607. The number of primary amides is 1. The first-order valence-electron chi connectivity index (χ1n) is 4.80. The van der Waals surface area contributed by atoms with Crippen LogP contribution in [0, 0.1) is 5.82 Å². The number of nitrogens with two attached hydrogens (primary N) is 1. The van der Waals surface area contributed by atoms with Gasteiger partial charge in [-0.3, -0.25) is 9.78 Å². The quantitative estimate of drug-likeness (QED) is 0.926. The van der Waals surface area contributed by atoms with Crippen molar-refractivity contribution in [1.29, 1.82) is 0 Å². The molecule has 0 aliphatic rings. The van der Waals surface area contributed by atoms with E-state index in [0.29, 0.717) is 10.0 Å². The first kappa shape index (κ1) is 11.7. The molecule has 1 aromatic carbocycles. The fourth-order valence-corrected chi connectivity index (χ4v) is 1.82. The Morgan fingerprint density at radius 1 is 1.35 bits per heavy atom. The third-order valence-corrected chi connectivity index (χ3v) is 2.69. The standard InChI is InChI=1S/C12H8BrFN2O/c13-7-5-10(14)11(16-6-7)8-3-1-2-4-9(8)12(15)17/h1-6H,(H2,15,17). The van der Waals surface area contributed by atoms with Crippen LogP contribution in [0.15, 0.2) is 41.0 Å². The summed E-state index contributed by atoms with van der Waals surface area (Å²) < 4.78 is 14.3. The molecule has 17 heavy (non-hydrogen) atoms. The SMILES string of the molecule is NC(=O)c1ccccc1-c1ncc(Br)cc1F. The van der Waals surface area contributed by atoms with Crippen molar-refractivity contribution in [1.82, 2.24) is 4.98 Å². The largest absolute Gasteiger partial charge is 0.366 e. The summed E-state index contributed by atoms with van der Waals surface area (Å²) in [4.78, 5) is 15.2. The van der Waals surface area contributed by atoms with E-state index in [9.17, 15) is 9.18 Å². The van der Waals surface area contributed by atoms with Crippen LogP contribution in [-0.4, -0.2) is 10.9 Å². The van der Waals surface area contributed by atoms with Crippen LogP contribution >= 0.6 is 15.9 Å². The van der Waals surface area contributed by atoms with E-state index >= 15 is 0 Å². The summed E-state index contributed by atoms with van der Waals surface area (Å²) in [6, 6.07) is 7.81. The Labute approximate surface area is 106 Å². The minimum Gasteiger partial charge on any atom is -0.366 e. The number of pyridine rings is 1. The lowest BCUT2D eigenvalue weighted by Crippen LogP contribution is -2.12. The molecule has 5 heteroatoms. The summed E-state index contributed by atoms with van der Waals surface area (Å²) in [5.74, 6) is -1.11. The van der Waals surface area contributed by atoms with E-state index in [4.69, 9.17) is 5.73 Å². The van der Waals surface area contributed by atoms with E-state index in [-0.39, 0.29) is 11.3 Å². The highest BCUT2D eigenvalue weighted by atomic mass is 79.9. The van der Waals surface area contributed by atoms with Gasteiger partial charge in [-0.1, -0.05) is 18.2 Å². The van der Waals surface area contributed by atoms with Crippen LogP contribution in [-0.2, 0) is 0 Å². The Morgan fingerprint density at radius 3 is 2.71 bits per heavy atom. The number of nitrogens with zero attached hydrogens (tertiary/aromatic N) is 1. The van der Waals surface area contributed by atoms with Gasteiger partial charge in [-0.25, -0.2) is 4.39 Å². The number of amides is 1. The summed E-state index contributed by atoms with van der Waals surface area (Å²) in [7, 11) is 0. The van der Waals surface area contributed by atoms with E-state index in [1.807, 2.05) is 0 Å². The number of carbonyl (C=O) groups excluding carboxylic acids is 1. The lowest BCUT2D eigenvalue weighted by molar-refractivity contribution is 0.100. The Bertz CT molecular complexity index is 586. The molecule has 1 amide bonds. The molecular formula is C12H8BrFN2O. The number of rotatable bonds is 2. The van der Waals surface area contributed by atoms with Gasteiger partial charge in [0, 0.05) is 21.8 Å². The molecule has 0 fully saturated rings. The van der Waals surface area contributed by atoms with Crippen molar-refractivity contribution in [3.05, 3.63) is 52.4 Å². The Balaban J connectivity index is 2.64. The zero-order valence-corrected chi connectivity index (χ0v) is 10.2. The highest BCUT2D eigenvalue weighted by molar-refractivity contribution is 9.10. The van der Waals surface area contributed by atoms with Crippen molar-refractivity contribution in [3.63, 3.8) is 0 Å². The zero-order valence-electron chi connectivity index (χ0n) is 8.65. The van der Waals surface area contributed by atoms with E-state index < -0.39 is 11.7 Å².